The lowest BCUT2D eigenvalue weighted by Crippen LogP contribution is -2.59. The fourth-order valence-electron chi connectivity index (χ4n) is 3.12. The molecular formula is C17H27NO2. The SMILES string of the molecule is CCOC1CC(Nc2cc(C)c(O)cc2C)C1(C)CC. The molecule has 1 aromatic carbocycles. The molecule has 0 heterocycles. The van der Waals surface area contributed by atoms with Gasteiger partial charge in [-0.1, -0.05) is 13.8 Å². The number of phenols is 1. The number of phenolic OH excluding ortho intramolecular Hbond substituents is 1. The minimum Gasteiger partial charge on any atom is -0.508 e. The zero-order valence-electron chi connectivity index (χ0n) is 13.3. The van der Waals surface area contributed by atoms with Crippen LogP contribution < -0.4 is 5.32 Å². The third kappa shape index (κ3) is 2.51. The zero-order valence-corrected chi connectivity index (χ0v) is 13.3. The number of aryl methyl sites for hydroxylation is 2. The van der Waals surface area contributed by atoms with Gasteiger partial charge in [-0.05, 0) is 56.9 Å². The first-order chi connectivity index (χ1) is 9.42. The lowest BCUT2D eigenvalue weighted by atomic mass is 9.61. The maximum atomic E-state index is 9.74. The van der Waals surface area contributed by atoms with Gasteiger partial charge in [-0.2, -0.15) is 0 Å². The number of ether oxygens (including phenoxy) is 1. The van der Waals surface area contributed by atoms with E-state index in [0.29, 0.717) is 17.9 Å². The fourth-order valence-corrected chi connectivity index (χ4v) is 3.12. The van der Waals surface area contributed by atoms with Gasteiger partial charge in [0.25, 0.3) is 0 Å². The molecule has 0 spiro atoms. The van der Waals surface area contributed by atoms with Crippen LogP contribution in [0.2, 0.25) is 0 Å². The van der Waals surface area contributed by atoms with Crippen LogP contribution in [0.15, 0.2) is 12.1 Å². The molecule has 1 aromatic rings. The maximum Gasteiger partial charge on any atom is 0.118 e. The maximum absolute atomic E-state index is 9.74. The van der Waals surface area contributed by atoms with Gasteiger partial charge < -0.3 is 15.2 Å². The van der Waals surface area contributed by atoms with Crippen molar-refractivity contribution >= 4 is 5.69 Å². The summed E-state index contributed by atoms with van der Waals surface area (Å²) in [6, 6.07) is 4.31. The Labute approximate surface area is 122 Å². The summed E-state index contributed by atoms with van der Waals surface area (Å²) in [6.45, 7) is 11.3. The summed E-state index contributed by atoms with van der Waals surface area (Å²) < 4.78 is 5.85. The lowest BCUT2D eigenvalue weighted by Gasteiger charge is -2.54. The van der Waals surface area contributed by atoms with Crippen LogP contribution in [0.1, 0.15) is 44.7 Å². The summed E-state index contributed by atoms with van der Waals surface area (Å²) >= 11 is 0. The van der Waals surface area contributed by atoms with Gasteiger partial charge in [0.1, 0.15) is 5.75 Å². The first-order valence-corrected chi connectivity index (χ1v) is 7.60. The molecule has 0 amide bonds. The molecule has 0 aromatic heterocycles. The van der Waals surface area contributed by atoms with Gasteiger partial charge in [0.15, 0.2) is 0 Å². The van der Waals surface area contributed by atoms with E-state index in [1.807, 2.05) is 26.0 Å². The molecule has 3 nitrogen and oxygen atoms in total. The molecule has 2 N–H and O–H groups in total. The Morgan fingerprint density at radius 2 is 2.00 bits per heavy atom. The Balaban J connectivity index is 2.13. The standard InChI is InChI=1S/C17H27NO2/c1-6-17(5)15(10-16(17)20-7-2)18-13-8-12(4)14(19)9-11(13)3/h8-9,15-16,18-19H,6-7,10H2,1-5H3. The van der Waals surface area contributed by atoms with E-state index < -0.39 is 0 Å². The smallest absolute Gasteiger partial charge is 0.118 e. The van der Waals surface area contributed by atoms with Gasteiger partial charge in [0.2, 0.25) is 0 Å². The van der Waals surface area contributed by atoms with Crippen LogP contribution in [0.25, 0.3) is 0 Å². The number of hydrogen-bond acceptors (Lipinski definition) is 3. The van der Waals surface area contributed by atoms with Crippen LogP contribution >= 0.6 is 0 Å². The van der Waals surface area contributed by atoms with Crippen molar-refractivity contribution < 1.29 is 9.84 Å². The van der Waals surface area contributed by atoms with Crippen molar-refractivity contribution in [3.05, 3.63) is 23.3 Å². The van der Waals surface area contributed by atoms with E-state index in [9.17, 15) is 5.11 Å². The number of benzene rings is 1. The Hall–Kier alpha value is -1.22. The topological polar surface area (TPSA) is 41.5 Å². The Morgan fingerprint density at radius 3 is 2.60 bits per heavy atom. The predicted octanol–water partition coefficient (Wildman–Crippen LogP) is 4.01. The molecule has 0 aliphatic heterocycles. The Bertz CT molecular complexity index is 486. The highest BCUT2D eigenvalue weighted by Gasteiger charge is 2.51. The highest BCUT2D eigenvalue weighted by molar-refractivity contribution is 5.57. The molecule has 0 radical (unpaired) electrons. The minimum absolute atomic E-state index is 0.189. The molecule has 1 aliphatic carbocycles. The molecule has 20 heavy (non-hydrogen) atoms. The van der Waals surface area contributed by atoms with Crippen LogP contribution in [0.3, 0.4) is 0 Å². The van der Waals surface area contributed by atoms with Gasteiger partial charge in [-0.15, -0.1) is 0 Å². The number of rotatable bonds is 5. The third-order valence-corrected chi connectivity index (χ3v) is 4.98. The van der Waals surface area contributed by atoms with E-state index in [0.717, 1.165) is 36.3 Å². The van der Waals surface area contributed by atoms with Crippen molar-refractivity contribution in [2.24, 2.45) is 5.41 Å². The largest absolute Gasteiger partial charge is 0.508 e. The normalized spacial score (nSPS) is 29.1. The highest BCUT2D eigenvalue weighted by Crippen LogP contribution is 2.47. The molecule has 112 valence electrons. The molecule has 1 saturated carbocycles. The molecule has 0 bridgehead atoms. The molecule has 1 aliphatic rings. The van der Waals surface area contributed by atoms with E-state index in [1.165, 1.54) is 0 Å². The summed E-state index contributed by atoms with van der Waals surface area (Å²) in [6.07, 6.45) is 2.51. The van der Waals surface area contributed by atoms with E-state index in [2.05, 4.69) is 26.1 Å². The van der Waals surface area contributed by atoms with E-state index >= 15 is 0 Å². The molecule has 3 unspecified atom stereocenters. The van der Waals surface area contributed by atoms with Crippen molar-refractivity contribution in [3.63, 3.8) is 0 Å². The summed E-state index contributed by atoms with van der Waals surface area (Å²) in [7, 11) is 0. The Morgan fingerprint density at radius 1 is 1.30 bits per heavy atom. The van der Waals surface area contributed by atoms with E-state index in [4.69, 9.17) is 4.74 Å². The quantitative estimate of drug-likeness (QED) is 0.799. The second-order valence-corrected chi connectivity index (χ2v) is 6.19. The van der Waals surface area contributed by atoms with E-state index in [1.54, 1.807) is 0 Å². The predicted molar refractivity (Wildman–Crippen MR) is 83.4 cm³/mol. The number of hydrogen-bond donors (Lipinski definition) is 2. The number of anilines is 1. The highest BCUT2D eigenvalue weighted by atomic mass is 16.5. The van der Waals surface area contributed by atoms with Crippen molar-refractivity contribution in [2.75, 3.05) is 11.9 Å². The van der Waals surface area contributed by atoms with Gasteiger partial charge in [-0.25, -0.2) is 0 Å². The first kappa shape index (κ1) is 15.2. The monoisotopic (exact) mass is 277 g/mol. The summed E-state index contributed by atoms with van der Waals surface area (Å²) in [5, 5.41) is 13.4. The number of nitrogens with one attached hydrogen (secondary N) is 1. The second-order valence-electron chi connectivity index (χ2n) is 6.19. The lowest BCUT2D eigenvalue weighted by molar-refractivity contribution is -0.109. The van der Waals surface area contributed by atoms with Crippen molar-refractivity contribution in [2.45, 2.75) is 59.6 Å². The van der Waals surface area contributed by atoms with Gasteiger partial charge in [0, 0.05) is 23.8 Å². The molecule has 1 fully saturated rings. The van der Waals surface area contributed by atoms with Gasteiger partial charge in [0.05, 0.1) is 6.10 Å². The van der Waals surface area contributed by atoms with Crippen LogP contribution in [-0.4, -0.2) is 23.9 Å². The third-order valence-electron chi connectivity index (χ3n) is 4.98. The average molecular weight is 277 g/mol. The molecular weight excluding hydrogens is 250 g/mol. The minimum atomic E-state index is 0.189. The van der Waals surface area contributed by atoms with Crippen LogP contribution in [-0.2, 0) is 4.74 Å². The average Bonchev–Trinajstić information content (AvgIpc) is 2.42. The van der Waals surface area contributed by atoms with Crippen LogP contribution in [0, 0.1) is 19.3 Å². The number of aromatic hydroxyl groups is 1. The molecule has 3 atom stereocenters. The summed E-state index contributed by atoms with van der Waals surface area (Å²) in [5.41, 5.74) is 3.32. The summed E-state index contributed by atoms with van der Waals surface area (Å²) in [4.78, 5) is 0. The van der Waals surface area contributed by atoms with Gasteiger partial charge in [-0.3, -0.25) is 0 Å². The first-order valence-electron chi connectivity index (χ1n) is 7.60. The van der Waals surface area contributed by atoms with E-state index in [-0.39, 0.29) is 5.41 Å². The van der Waals surface area contributed by atoms with Crippen molar-refractivity contribution in [3.8, 4) is 5.75 Å². The molecule has 0 saturated heterocycles. The van der Waals surface area contributed by atoms with Crippen LogP contribution in [0.4, 0.5) is 5.69 Å². The zero-order chi connectivity index (χ0) is 14.9. The Kier molecular flexibility index (Phi) is 4.28. The molecule has 2 rings (SSSR count). The van der Waals surface area contributed by atoms with Gasteiger partial charge >= 0.3 is 0 Å². The molecule has 3 heteroatoms. The van der Waals surface area contributed by atoms with Crippen LogP contribution in [0.5, 0.6) is 5.75 Å². The van der Waals surface area contributed by atoms with Crippen molar-refractivity contribution in [1.29, 1.82) is 0 Å². The fraction of sp³-hybridized carbons (Fsp3) is 0.647. The second kappa shape index (κ2) is 5.65. The van der Waals surface area contributed by atoms with Crippen molar-refractivity contribution in [1.82, 2.24) is 0 Å². The summed E-state index contributed by atoms with van der Waals surface area (Å²) in [5.74, 6) is 0.368.